The topological polar surface area (TPSA) is 101 Å². The van der Waals surface area contributed by atoms with Crippen LogP contribution in [0.25, 0.3) is 22.2 Å². The molecule has 4 heterocycles. The number of alkyl halides is 1. The van der Waals surface area contributed by atoms with Gasteiger partial charge in [-0.1, -0.05) is 30.2 Å². The van der Waals surface area contributed by atoms with E-state index >= 15 is 0 Å². The predicted octanol–water partition coefficient (Wildman–Crippen LogP) is 2.77. The van der Waals surface area contributed by atoms with Gasteiger partial charge in [0.05, 0.1) is 11.5 Å². The lowest BCUT2D eigenvalue weighted by atomic mass is 9.91. The molecule has 0 unspecified atom stereocenters. The van der Waals surface area contributed by atoms with E-state index in [2.05, 4.69) is 33.3 Å². The number of nitrogen functional groups attached to an aromatic ring is 1. The number of anilines is 1. The third kappa shape index (κ3) is 4.57. The number of aryl methyl sites for hydroxylation is 1. The zero-order chi connectivity index (χ0) is 26.3. The van der Waals surface area contributed by atoms with Crippen molar-refractivity contribution in [2.45, 2.75) is 25.2 Å². The molecule has 0 radical (unpaired) electrons. The van der Waals surface area contributed by atoms with Crippen LogP contribution in [0, 0.1) is 17.8 Å². The number of β-amino-alcohol motifs (C(OH)–C–C–N with tert-alkyl or cyclic N) is 1. The number of fused-ring (bicyclic) bond motifs is 1. The number of likely N-dealkylation sites (tertiary alicyclic amines) is 2. The molecule has 5 rings (SSSR count). The molecule has 192 valence electrons. The highest BCUT2D eigenvalue weighted by Crippen LogP contribution is 2.37. The van der Waals surface area contributed by atoms with E-state index in [0.29, 0.717) is 52.6 Å². The number of benzene rings is 1. The molecule has 37 heavy (non-hydrogen) atoms. The van der Waals surface area contributed by atoms with Gasteiger partial charge >= 0.3 is 0 Å². The van der Waals surface area contributed by atoms with E-state index in [9.17, 15) is 14.3 Å². The van der Waals surface area contributed by atoms with Crippen molar-refractivity contribution in [2.24, 2.45) is 13.0 Å². The minimum absolute atomic E-state index is 0.00311. The maximum atomic E-state index is 13.6. The number of aliphatic hydroxyl groups is 1. The molecular weight excluding hydrogens is 495 g/mol. The van der Waals surface area contributed by atoms with Gasteiger partial charge in [0, 0.05) is 61.3 Å². The zero-order valence-corrected chi connectivity index (χ0v) is 21.2. The molecule has 1 amide bonds. The second-order valence-electron chi connectivity index (χ2n) is 9.51. The van der Waals surface area contributed by atoms with Crippen LogP contribution in [0.4, 0.5) is 10.2 Å². The molecular formula is C27H28ClFN6O2. The summed E-state index contributed by atoms with van der Waals surface area (Å²) >= 11 is 6.16. The second-order valence-corrected chi connectivity index (χ2v) is 9.92. The smallest absolute Gasteiger partial charge is 0.246 e. The Hall–Kier alpha value is -3.45. The van der Waals surface area contributed by atoms with Crippen LogP contribution in [0.1, 0.15) is 17.7 Å². The van der Waals surface area contributed by atoms with Gasteiger partial charge in [0.1, 0.15) is 30.2 Å². The van der Waals surface area contributed by atoms with Crippen molar-refractivity contribution in [3.8, 4) is 23.0 Å². The van der Waals surface area contributed by atoms with E-state index < -0.39 is 12.8 Å². The maximum absolute atomic E-state index is 13.6. The molecule has 2 atom stereocenters. The van der Waals surface area contributed by atoms with Crippen LogP contribution in [0.2, 0.25) is 5.02 Å². The molecule has 2 aliphatic rings. The number of aromatic nitrogens is 3. The molecule has 0 bridgehead atoms. The van der Waals surface area contributed by atoms with Gasteiger partial charge < -0.3 is 20.3 Å². The summed E-state index contributed by atoms with van der Waals surface area (Å²) in [6.07, 6.45) is 2.80. The van der Waals surface area contributed by atoms with Gasteiger partial charge in [0.25, 0.3) is 0 Å². The van der Waals surface area contributed by atoms with Crippen LogP contribution >= 0.6 is 11.6 Å². The van der Waals surface area contributed by atoms with Crippen molar-refractivity contribution >= 4 is 34.4 Å². The Labute approximate surface area is 219 Å². The molecule has 2 fully saturated rings. The third-order valence-electron chi connectivity index (χ3n) is 7.28. The van der Waals surface area contributed by atoms with Crippen LogP contribution < -0.4 is 5.73 Å². The highest BCUT2D eigenvalue weighted by atomic mass is 35.5. The summed E-state index contributed by atoms with van der Waals surface area (Å²) in [5.41, 5.74) is 9.48. The fourth-order valence-corrected chi connectivity index (χ4v) is 5.42. The summed E-state index contributed by atoms with van der Waals surface area (Å²) in [6, 6.07) is 5.21. The van der Waals surface area contributed by atoms with Crippen molar-refractivity contribution in [1.29, 1.82) is 0 Å². The average Bonchev–Trinajstić information content (AvgIpc) is 3.16. The number of amides is 1. The lowest BCUT2D eigenvalue weighted by molar-refractivity contribution is -0.132. The Bertz CT molecular complexity index is 1440. The summed E-state index contributed by atoms with van der Waals surface area (Å²) < 4.78 is 15.5. The van der Waals surface area contributed by atoms with Crippen molar-refractivity contribution in [1.82, 2.24) is 24.3 Å². The van der Waals surface area contributed by atoms with Crippen LogP contribution in [0.3, 0.4) is 0 Å². The van der Waals surface area contributed by atoms with E-state index in [4.69, 9.17) is 17.3 Å². The van der Waals surface area contributed by atoms with Crippen molar-refractivity contribution in [3.63, 3.8) is 0 Å². The first-order valence-corrected chi connectivity index (χ1v) is 12.5. The molecule has 2 aromatic heterocycles. The standard InChI is InChI=1S/C27H28ClFN6O2/c1-3-23(37)34-9-8-20(22(36)14-34)35-12-16(13-35)4-7-21-24(17-5-6-19(28)18(10-17)11-29)25-26(30)31-15-32-27(25)33(21)2/h3,5-6,10,15-16,20,22,36H,1,8-9,11-14H2,2H3,(H2,30,31,32)/t20-,22+/m1/s1. The van der Waals surface area contributed by atoms with Crippen LogP contribution in [0.15, 0.2) is 37.2 Å². The Kier molecular flexibility index (Phi) is 6.90. The number of hydrogen-bond acceptors (Lipinski definition) is 6. The maximum Gasteiger partial charge on any atom is 0.246 e. The Balaban J connectivity index is 1.40. The second kappa shape index (κ2) is 10.1. The Morgan fingerprint density at radius 3 is 2.84 bits per heavy atom. The predicted molar refractivity (Wildman–Crippen MR) is 141 cm³/mol. The SMILES string of the molecule is C=CC(=O)N1CC[C@@H](N2CC(C#Cc3c(-c4ccc(Cl)c(CF)c4)c4c(N)ncnc4n3C)C2)[C@@H](O)C1. The molecule has 2 aliphatic heterocycles. The fourth-order valence-electron chi connectivity index (χ4n) is 5.26. The summed E-state index contributed by atoms with van der Waals surface area (Å²) in [5.74, 6) is 6.99. The van der Waals surface area contributed by atoms with Crippen molar-refractivity contribution in [2.75, 3.05) is 31.9 Å². The van der Waals surface area contributed by atoms with Gasteiger partial charge in [-0.15, -0.1) is 0 Å². The number of hydrogen-bond donors (Lipinski definition) is 2. The summed E-state index contributed by atoms with van der Waals surface area (Å²) in [7, 11) is 1.87. The minimum atomic E-state index is -0.686. The number of aliphatic hydroxyl groups excluding tert-OH is 1. The average molecular weight is 523 g/mol. The number of carbonyl (C=O) groups is 1. The number of nitrogens with zero attached hydrogens (tertiary/aromatic N) is 5. The van der Waals surface area contributed by atoms with E-state index in [1.54, 1.807) is 17.0 Å². The third-order valence-corrected chi connectivity index (χ3v) is 7.65. The van der Waals surface area contributed by atoms with Crippen LogP contribution in [-0.4, -0.2) is 73.7 Å². The van der Waals surface area contributed by atoms with Gasteiger partial charge in [-0.25, -0.2) is 14.4 Å². The van der Waals surface area contributed by atoms with E-state index in [1.165, 1.54) is 12.4 Å². The highest BCUT2D eigenvalue weighted by molar-refractivity contribution is 6.31. The fraction of sp³-hybridized carbons (Fsp3) is 0.370. The van der Waals surface area contributed by atoms with Gasteiger partial charge in [0.2, 0.25) is 5.91 Å². The van der Waals surface area contributed by atoms with Crippen LogP contribution in [0.5, 0.6) is 0 Å². The Morgan fingerprint density at radius 1 is 1.35 bits per heavy atom. The lowest BCUT2D eigenvalue weighted by Crippen LogP contribution is -2.61. The van der Waals surface area contributed by atoms with Gasteiger partial charge in [0.15, 0.2) is 0 Å². The minimum Gasteiger partial charge on any atom is -0.390 e. The largest absolute Gasteiger partial charge is 0.390 e. The quantitative estimate of drug-likeness (QED) is 0.404. The molecule has 0 saturated carbocycles. The molecule has 10 heteroatoms. The number of piperidine rings is 1. The highest BCUT2D eigenvalue weighted by Gasteiger charge is 2.38. The van der Waals surface area contributed by atoms with Gasteiger partial charge in [-0.3, -0.25) is 9.69 Å². The molecule has 8 nitrogen and oxygen atoms in total. The van der Waals surface area contributed by atoms with E-state index in [-0.39, 0.29) is 17.9 Å². The van der Waals surface area contributed by atoms with E-state index in [0.717, 1.165) is 24.2 Å². The van der Waals surface area contributed by atoms with Crippen molar-refractivity contribution < 1.29 is 14.3 Å². The monoisotopic (exact) mass is 522 g/mol. The molecule has 2 saturated heterocycles. The van der Waals surface area contributed by atoms with Gasteiger partial charge in [-0.05, 0) is 36.1 Å². The zero-order valence-electron chi connectivity index (χ0n) is 20.5. The number of rotatable bonds is 4. The first-order chi connectivity index (χ1) is 17.8. The summed E-state index contributed by atoms with van der Waals surface area (Å²) in [6.45, 7) is 5.22. The molecule has 3 N–H and O–H groups in total. The normalized spacial score (nSPS) is 20.4. The molecule has 0 spiro atoms. The number of carbonyl (C=O) groups excluding carboxylic acids is 1. The molecule has 1 aromatic carbocycles. The first kappa shape index (κ1) is 25.2. The lowest BCUT2D eigenvalue weighted by Gasteiger charge is -2.47. The molecule has 0 aliphatic carbocycles. The molecule has 3 aromatic rings. The summed E-state index contributed by atoms with van der Waals surface area (Å²) in [5, 5.41) is 11.6. The first-order valence-electron chi connectivity index (χ1n) is 12.1. The Morgan fingerprint density at radius 2 is 2.14 bits per heavy atom. The summed E-state index contributed by atoms with van der Waals surface area (Å²) in [4.78, 5) is 24.3. The van der Waals surface area contributed by atoms with Crippen LogP contribution in [-0.2, 0) is 18.5 Å². The van der Waals surface area contributed by atoms with Gasteiger partial charge in [-0.2, -0.15) is 0 Å². The van der Waals surface area contributed by atoms with Crippen molar-refractivity contribution in [3.05, 3.63) is 53.5 Å². The van der Waals surface area contributed by atoms with E-state index in [1.807, 2.05) is 17.7 Å². The number of nitrogens with two attached hydrogens (primary N) is 1. The number of halogens is 2.